The van der Waals surface area contributed by atoms with Crippen molar-refractivity contribution in [2.24, 2.45) is 11.8 Å². The number of imidazole rings is 1. The van der Waals surface area contributed by atoms with Crippen molar-refractivity contribution in [2.45, 2.75) is 108 Å². The third-order valence-corrected chi connectivity index (χ3v) is 17.5. The van der Waals surface area contributed by atoms with Gasteiger partial charge in [0.25, 0.3) is 5.56 Å². The molecule has 3 aromatic heterocycles. The highest BCUT2D eigenvalue weighted by atomic mass is 32.5. The zero-order chi connectivity index (χ0) is 42.6. The Morgan fingerprint density at radius 2 is 2.02 bits per heavy atom. The number of anilines is 2. The van der Waals surface area contributed by atoms with Crippen LogP contribution in [0, 0.1) is 23.2 Å². The lowest BCUT2D eigenvalue weighted by Crippen LogP contribution is -2.50. The van der Waals surface area contributed by atoms with Crippen molar-refractivity contribution >= 4 is 63.9 Å². The van der Waals surface area contributed by atoms with Gasteiger partial charge in [0.15, 0.2) is 25.7 Å². The van der Waals surface area contributed by atoms with Gasteiger partial charge in [-0.05, 0) is 42.4 Å². The zero-order valence-electron chi connectivity index (χ0n) is 33.0. The average molecular weight is 890 g/mol. The van der Waals surface area contributed by atoms with Crippen molar-refractivity contribution < 1.29 is 51.0 Å². The number of aromatic amines is 1. The maximum absolute atomic E-state index is 15.9. The van der Waals surface area contributed by atoms with Crippen molar-refractivity contribution in [1.82, 2.24) is 29.5 Å². The summed E-state index contributed by atoms with van der Waals surface area (Å²) in [6, 6.07) is 2.61. The molecule has 320 valence electrons. The fourth-order valence-corrected chi connectivity index (χ4v) is 10.1. The van der Waals surface area contributed by atoms with Gasteiger partial charge in [0, 0.05) is 18.0 Å². The molecule has 10 atom stereocenters. The number of hydrogen-bond acceptors (Lipinski definition) is 17. The second kappa shape index (κ2) is 19.1. The Bertz CT molecular complexity index is 2070. The summed E-state index contributed by atoms with van der Waals surface area (Å²) in [4.78, 5) is 54.6. The van der Waals surface area contributed by atoms with Gasteiger partial charge in [0.05, 0.1) is 44.7 Å². The zero-order valence-corrected chi connectivity index (χ0v) is 36.7. The van der Waals surface area contributed by atoms with Gasteiger partial charge in [-0.1, -0.05) is 34.6 Å². The molecule has 20 nitrogen and oxygen atoms in total. The van der Waals surface area contributed by atoms with Gasteiger partial charge in [-0.15, -0.1) is 0 Å². The number of carbonyl (C=O) groups excluding carboxylic acids is 1. The minimum absolute atomic E-state index is 0.00733. The van der Waals surface area contributed by atoms with Gasteiger partial charge in [-0.3, -0.25) is 33.5 Å². The first-order chi connectivity index (χ1) is 27.3. The van der Waals surface area contributed by atoms with Crippen molar-refractivity contribution in [2.75, 3.05) is 30.5 Å². The maximum atomic E-state index is 15.9. The Hall–Kier alpha value is -3.10. The molecule has 3 aromatic rings. The van der Waals surface area contributed by atoms with E-state index in [1.54, 1.807) is 13.8 Å². The third kappa shape index (κ3) is 10.8. The molecule has 0 radical (unpaired) electrons. The highest BCUT2D eigenvalue weighted by molar-refractivity contribution is 8.07. The molecule has 2 aliphatic rings. The number of H-pyrrole nitrogens is 1. The Morgan fingerprint density at radius 1 is 1.28 bits per heavy atom. The molecule has 0 spiro atoms. The van der Waals surface area contributed by atoms with Crippen LogP contribution in [0.2, 0.25) is 18.1 Å². The number of aliphatic hydroxyl groups excluding tert-OH is 1. The summed E-state index contributed by atoms with van der Waals surface area (Å²) in [5.74, 6) is -1.51. The molecule has 2 fully saturated rings. The van der Waals surface area contributed by atoms with Crippen LogP contribution in [0.1, 0.15) is 53.7 Å². The number of halogens is 1. The number of aliphatic hydroxyl groups is 1. The van der Waals surface area contributed by atoms with Gasteiger partial charge in [0.1, 0.15) is 42.7 Å². The van der Waals surface area contributed by atoms with Crippen LogP contribution in [-0.2, 0) is 48.4 Å². The number of ether oxygens (including phenoxy) is 1. The molecule has 1 unspecified atom stereocenters. The second-order valence-corrected chi connectivity index (χ2v) is 24.1. The highest BCUT2D eigenvalue weighted by Gasteiger charge is 2.54. The predicted molar refractivity (Wildman–Crippen MR) is 215 cm³/mol. The molecular formula is C33H50FN9O11P2SSi. The Balaban J connectivity index is 1.53. The molecule has 5 rings (SSSR count). The van der Waals surface area contributed by atoms with E-state index in [2.05, 4.69) is 35.6 Å². The summed E-state index contributed by atoms with van der Waals surface area (Å²) in [7, 11) is -6.30. The number of carbonyl (C=O) groups is 1. The van der Waals surface area contributed by atoms with E-state index in [-0.39, 0.29) is 48.2 Å². The number of nitriles is 1. The van der Waals surface area contributed by atoms with Gasteiger partial charge >= 0.3 is 15.0 Å². The first-order valence-electron chi connectivity index (χ1n) is 18.5. The quantitative estimate of drug-likeness (QED) is 0.0687. The molecule has 0 aromatic carbocycles. The average Bonchev–Trinajstić information content (AvgIpc) is 3.80. The number of alkyl halides is 1. The molecule has 5 N–H and O–H groups in total. The summed E-state index contributed by atoms with van der Waals surface area (Å²) in [6.07, 6.45) is -3.75. The van der Waals surface area contributed by atoms with Crippen molar-refractivity contribution in [3.63, 3.8) is 0 Å². The highest BCUT2D eigenvalue weighted by Crippen LogP contribution is 2.56. The van der Waals surface area contributed by atoms with E-state index in [1.807, 2.05) is 39.9 Å². The number of hydrogen-bond donors (Lipinski definition) is 5. The second-order valence-electron chi connectivity index (χ2n) is 15.7. The summed E-state index contributed by atoms with van der Waals surface area (Å²) >= 11 is 5.97. The van der Waals surface area contributed by atoms with E-state index in [4.69, 9.17) is 39.1 Å². The van der Waals surface area contributed by atoms with Crippen LogP contribution in [0.15, 0.2) is 29.7 Å². The number of rotatable bonds is 18. The first-order valence-corrected chi connectivity index (χ1v) is 25.2. The van der Waals surface area contributed by atoms with E-state index < -0.39 is 96.1 Å². The van der Waals surface area contributed by atoms with Crippen LogP contribution >= 0.6 is 15.0 Å². The van der Waals surface area contributed by atoms with Crippen molar-refractivity contribution in [3.8, 4) is 6.07 Å². The van der Waals surface area contributed by atoms with Gasteiger partial charge in [-0.25, -0.2) is 19.3 Å². The third-order valence-electron chi connectivity index (χ3n) is 10.2. The van der Waals surface area contributed by atoms with Crippen LogP contribution in [0.25, 0.3) is 11.2 Å². The number of aromatic nitrogens is 6. The molecule has 1 aliphatic heterocycles. The molecule has 1 aliphatic carbocycles. The summed E-state index contributed by atoms with van der Waals surface area (Å²) < 4.78 is 66.5. The molecule has 0 bridgehead atoms. The Labute approximate surface area is 340 Å². The normalized spacial score (nSPS) is 26.7. The minimum Gasteiger partial charge on any atom is -0.408 e. The lowest BCUT2D eigenvalue weighted by atomic mass is 10.1. The standard InChI is InChI=1S/C33H50FN9O11P2SSi/c1-18(2)29(45)41-32-40-28-24(30(46)42-32)38-17-43(28)31-27(26(21(14-44)51-31)54-58(6,7)33(3,4)5)53-56(57,49-12-8-10-35)50-15-19-13-20(23(34)25(19)52-55(47)48)39-22-9-11-36-16-37-22/h9,11,16-21,23,25-27,31,44,55H,8,12-15H2,1-7H3,(H,47,48)(H,36,37,39)(H2,40,41,42,45,46)/t19-,20-,21-,23+,25-,26-,27-,31-,56-/m1/s1. The minimum atomic E-state index is -4.02. The van der Waals surface area contributed by atoms with E-state index in [9.17, 15) is 29.4 Å². The van der Waals surface area contributed by atoms with Crippen LogP contribution in [0.3, 0.4) is 0 Å². The molecular weight excluding hydrogens is 840 g/mol. The Morgan fingerprint density at radius 3 is 2.64 bits per heavy atom. The SMILES string of the molecule is CC(C)C(=O)Nc1nc2c(ncn2[C@@H]2O[C@H](CO)[C@@H](O[Si](C)(C)C(C)(C)C)[C@H]2O[P@@](=S)(OCCC#N)OC[C@H]2C[C@@H](Nc3ccncn3)[C@H](F)[C@@H]2O[PH](=O)O)c(=O)[nH]1. The van der Waals surface area contributed by atoms with Crippen LogP contribution in [0.4, 0.5) is 16.2 Å². The number of amides is 1. The van der Waals surface area contributed by atoms with Crippen molar-refractivity contribution in [3.05, 3.63) is 35.3 Å². The van der Waals surface area contributed by atoms with Gasteiger partial charge < -0.3 is 38.1 Å². The molecule has 4 heterocycles. The van der Waals surface area contributed by atoms with Gasteiger partial charge in [0.2, 0.25) is 11.9 Å². The number of fused-ring (bicyclic) bond motifs is 1. The van der Waals surface area contributed by atoms with E-state index in [0.29, 0.717) is 5.82 Å². The van der Waals surface area contributed by atoms with Gasteiger partial charge in [-0.2, -0.15) is 10.2 Å². The maximum Gasteiger partial charge on any atom is 0.327 e. The smallest absolute Gasteiger partial charge is 0.327 e. The lowest BCUT2D eigenvalue weighted by Gasteiger charge is -2.41. The van der Waals surface area contributed by atoms with E-state index in [0.717, 1.165) is 0 Å². The first kappa shape index (κ1) is 46.0. The summed E-state index contributed by atoms with van der Waals surface area (Å²) in [5, 5.41) is 25.3. The monoisotopic (exact) mass is 889 g/mol. The molecule has 1 saturated heterocycles. The van der Waals surface area contributed by atoms with Crippen molar-refractivity contribution in [1.29, 1.82) is 5.26 Å². The topological polar surface area (TPSA) is 267 Å². The van der Waals surface area contributed by atoms with Crippen LogP contribution in [-0.4, -0.2) is 110 Å². The predicted octanol–water partition coefficient (Wildman–Crippen LogP) is 3.95. The molecule has 58 heavy (non-hydrogen) atoms. The molecule has 1 amide bonds. The van der Waals surface area contributed by atoms with Crippen LogP contribution < -0.4 is 16.2 Å². The van der Waals surface area contributed by atoms with E-state index in [1.165, 1.54) is 29.5 Å². The Kier molecular flexibility index (Phi) is 15.1. The molecule has 1 saturated carbocycles. The number of nitrogens with zero attached hydrogens (tertiary/aromatic N) is 6. The summed E-state index contributed by atoms with van der Waals surface area (Å²) in [5.41, 5.74) is -0.759. The van der Waals surface area contributed by atoms with Crippen LogP contribution in [0.5, 0.6) is 0 Å². The lowest BCUT2D eigenvalue weighted by molar-refractivity contribution is -0.118. The summed E-state index contributed by atoms with van der Waals surface area (Å²) in [6.45, 7) is 8.24. The number of nitrogens with one attached hydrogen (secondary N) is 3. The fourth-order valence-electron chi connectivity index (χ4n) is 6.14. The van der Waals surface area contributed by atoms with E-state index >= 15 is 4.39 Å². The molecule has 25 heteroatoms. The fraction of sp³-hybridized carbons (Fsp3) is 0.667. The largest absolute Gasteiger partial charge is 0.408 e.